The molecule has 0 aliphatic heterocycles. The van der Waals surface area contributed by atoms with Crippen molar-refractivity contribution in [2.45, 2.75) is 0 Å². The van der Waals surface area contributed by atoms with Gasteiger partial charge in [0.1, 0.15) is 5.88 Å². The van der Waals surface area contributed by atoms with Crippen LogP contribution in [0.15, 0.2) is 4.42 Å². The molecule has 0 N–H and O–H groups in total. The number of hydrogen-bond donors (Lipinski definition) is 0. The first-order valence-corrected chi connectivity index (χ1v) is 3.94. The van der Waals surface area contributed by atoms with Crippen molar-refractivity contribution in [2.24, 2.45) is 7.05 Å². The number of ether oxygens (including phenoxy) is 1. The first-order valence-electron chi connectivity index (χ1n) is 3.94. The molecule has 0 aromatic carbocycles. The van der Waals surface area contributed by atoms with Crippen LogP contribution in [0.4, 0.5) is 6.01 Å². The van der Waals surface area contributed by atoms with Crippen molar-refractivity contribution in [3.63, 3.8) is 0 Å². The molecule has 1 aromatic rings. The molecule has 78 valence electrons. The van der Waals surface area contributed by atoms with Gasteiger partial charge in [0, 0.05) is 0 Å². The van der Waals surface area contributed by atoms with Crippen LogP contribution in [-0.4, -0.2) is 27.2 Å². The second-order valence-electron chi connectivity index (χ2n) is 2.96. The molecule has 1 aromatic heterocycles. The lowest BCUT2D eigenvalue weighted by molar-refractivity contribution is -0.703. The Kier molecular flexibility index (Phi) is 2.64. The van der Waals surface area contributed by atoms with Crippen LogP contribution in [-0.2, 0) is 11.8 Å². The Balaban J connectivity index is 3.21. The Labute approximate surface area is 81.3 Å². The second-order valence-corrected chi connectivity index (χ2v) is 2.96. The van der Waals surface area contributed by atoms with Gasteiger partial charge in [-0.15, -0.1) is 0 Å². The van der Waals surface area contributed by atoms with Crippen molar-refractivity contribution < 1.29 is 23.6 Å². The van der Waals surface area contributed by atoms with Crippen LogP contribution in [0.5, 0.6) is 5.88 Å². The summed E-state index contributed by atoms with van der Waals surface area (Å²) < 4.78 is 10.7. The SMILES string of the molecule is COC(=O)c1oc(N(C)C)[n+](C)c1[O-]. The average Bonchev–Trinajstić information content (AvgIpc) is 2.43. The quantitative estimate of drug-likeness (QED) is 0.454. The number of aromatic nitrogens is 1. The summed E-state index contributed by atoms with van der Waals surface area (Å²) in [5, 5.41) is 11.4. The lowest BCUT2D eigenvalue weighted by atomic mass is 10.5. The molecule has 0 unspecified atom stereocenters. The maximum absolute atomic E-state index is 11.4. The Morgan fingerprint density at radius 1 is 1.57 bits per heavy atom. The fourth-order valence-corrected chi connectivity index (χ4v) is 1.06. The normalized spacial score (nSPS) is 10.0. The molecule has 0 radical (unpaired) electrons. The largest absolute Gasteiger partial charge is 0.839 e. The summed E-state index contributed by atoms with van der Waals surface area (Å²) >= 11 is 0. The zero-order valence-corrected chi connectivity index (χ0v) is 8.53. The first kappa shape index (κ1) is 10.4. The summed E-state index contributed by atoms with van der Waals surface area (Å²) in [6.07, 6.45) is 0. The number of methoxy groups -OCH3 is 1. The third-order valence-corrected chi connectivity index (χ3v) is 1.73. The molecule has 0 aliphatic carbocycles. The molecule has 1 rings (SSSR count). The van der Waals surface area contributed by atoms with Crippen molar-refractivity contribution in [1.29, 1.82) is 0 Å². The van der Waals surface area contributed by atoms with Crippen molar-refractivity contribution in [2.75, 3.05) is 26.1 Å². The highest BCUT2D eigenvalue weighted by molar-refractivity contribution is 5.88. The van der Waals surface area contributed by atoms with Crippen LogP contribution in [0.3, 0.4) is 0 Å². The number of nitrogens with zero attached hydrogens (tertiary/aromatic N) is 2. The highest BCUT2D eigenvalue weighted by atomic mass is 16.5. The fourth-order valence-electron chi connectivity index (χ4n) is 1.06. The smallest absolute Gasteiger partial charge is 0.455 e. The van der Waals surface area contributed by atoms with Gasteiger partial charge < -0.3 is 14.3 Å². The van der Waals surface area contributed by atoms with Crippen molar-refractivity contribution in [3.05, 3.63) is 5.76 Å². The third kappa shape index (κ3) is 1.50. The molecule has 1 heterocycles. The van der Waals surface area contributed by atoms with Gasteiger partial charge in [0.2, 0.25) is 0 Å². The summed E-state index contributed by atoms with van der Waals surface area (Å²) in [7, 11) is 6.13. The summed E-state index contributed by atoms with van der Waals surface area (Å²) in [4.78, 5) is 12.7. The highest BCUT2D eigenvalue weighted by Gasteiger charge is 2.24. The number of rotatable bonds is 2. The minimum atomic E-state index is -0.765. The summed E-state index contributed by atoms with van der Waals surface area (Å²) in [6.45, 7) is 0. The van der Waals surface area contributed by atoms with E-state index in [0.717, 1.165) is 0 Å². The van der Waals surface area contributed by atoms with Gasteiger partial charge in [0.15, 0.2) is 0 Å². The standard InChI is InChI=1S/C8H12N2O4/c1-9(2)8-10(3)6(11)5(14-8)7(12)13-4/h1-4H3. The van der Waals surface area contributed by atoms with Crippen molar-refractivity contribution in [1.82, 2.24) is 0 Å². The molecule has 0 bridgehead atoms. The average molecular weight is 200 g/mol. The molecule has 0 atom stereocenters. The second kappa shape index (κ2) is 3.57. The van der Waals surface area contributed by atoms with Gasteiger partial charge in [0.25, 0.3) is 5.76 Å². The lowest BCUT2D eigenvalue weighted by Gasteiger charge is -2.02. The zero-order chi connectivity index (χ0) is 10.9. The number of anilines is 1. The predicted molar refractivity (Wildman–Crippen MR) is 45.0 cm³/mol. The maximum atomic E-state index is 11.4. The minimum Gasteiger partial charge on any atom is -0.839 e. The van der Waals surface area contributed by atoms with Gasteiger partial charge in [-0.05, 0) is 0 Å². The number of oxazole rings is 1. The van der Waals surface area contributed by atoms with Crippen LogP contribution >= 0.6 is 0 Å². The van der Waals surface area contributed by atoms with E-state index in [1.165, 1.54) is 18.7 Å². The van der Waals surface area contributed by atoms with Crippen LogP contribution in [0, 0.1) is 0 Å². The molecule has 6 heteroatoms. The van der Waals surface area contributed by atoms with Gasteiger partial charge in [-0.2, -0.15) is 0 Å². The van der Waals surface area contributed by atoms with Crippen LogP contribution < -0.4 is 14.6 Å². The molecule has 0 amide bonds. The molecular weight excluding hydrogens is 188 g/mol. The number of hydrogen-bond acceptors (Lipinski definition) is 5. The van der Waals surface area contributed by atoms with E-state index in [-0.39, 0.29) is 5.76 Å². The Bertz CT molecular complexity index is 356. The van der Waals surface area contributed by atoms with E-state index in [0.29, 0.717) is 6.01 Å². The number of esters is 1. The van der Waals surface area contributed by atoms with Gasteiger partial charge in [-0.3, -0.25) is 0 Å². The third-order valence-electron chi connectivity index (χ3n) is 1.73. The number of carbonyl (C=O) groups is 1. The Hall–Kier alpha value is -1.72. The summed E-state index contributed by atoms with van der Waals surface area (Å²) in [5.41, 5.74) is 0. The molecule has 14 heavy (non-hydrogen) atoms. The monoisotopic (exact) mass is 200 g/mol. The van der Waals surface area contributed by atoms with Gasteiger partial charge in [-0.25, -0.2) is 14.3 Å². The zero-order valence-electron chi connectivity index (χ0n) is 8.53. The lowest BCUT2D eigenvalue weighted by Crippen LogP contribution is -2.36. The molecular formula is C8H12N2O4. The minimum absolute atomic E-state index is 0.301. The number of carbonyl (C=O) groups excluding carboxylic acids is 1. The molecule has 6 nitrogen and oxygen atoms in total. The van der Waals surface area contributed by atoms with Crippen LogP contribution in [0.25, 0.3) is 0 Å². The highest BCUT2D eigenvalue weighted by Crippen LogP contribution is 2.18. The maximum Gasteiger partial charge on any atom is 0.455 e. The van der Waals surface area contributed by atoms with Gasteiger partial charge in [-0.1, -0.05) is 0 Å². The summed E-state index contributed by atoms with van der Waals surface area (Å²) in [5.74, 6) is -1.57. The van der Waals surface area contributed by atoms with E-state index in [1.54, 1.807) is 19.0 Å². The van der Waals surface area contributed by atoms with Crippen LogP contribution in [0.1, 0.15) is 10.6 Å². The van der Waals surface area contributed by atoms with E-state index in [1.807, 2.05) is 0 Å². The first-order chi connectivity index (χ1) is 6.49. The van der Waals surface area contributed by atoms with E-state index in [9.17, 15) is 9.90 Å². The summed E-state index contributed by atoms with van der Waals surface area (Å²) in [6, 6.07) is 0.301. The van der Waals surface area contributed by atoms with E-state index >= 15 is 0 Å². The van der Waals surface area contributed by atoms with Gasteiger partial charge >= 0.3 is 12.0 Å². The van der Waals surface area contributed by atoms with Crippen molar-refractivity contribution >= 4 is 12.0 Å². The van der Waals surface area contributed by atoms with E-state index < -0.39 is 11.8 Å². The Morgan fingerprint density at radius 2 is 2.14 bits per heavy atom. The molecule has 0 saturated carbocycles. The van der Waals surface area contributed by atoms with Crippen molar-refractivity contribution in [3.8, 4) is 5.88 Å². The molecule has 0 saturated heterocycles. The molecule has 0 aliphatic rings. The van der Waals surface area contributed by atoms with Crippen LogP contribution in [0.2, 0.25) is 0 Å². The topological polar surface area (TPSA) is 69.6 Å². The van der Waals surface area contributed by atoms with E-state index in [2.05, 4.69) is 4.74 Å². The predicted octanol–water partition coefficient (Wildman–Crippen LogP) is -0.970. The molecule has 0 spiro atoms. The van der Waals surface area contributed by atoms with E-state index in [4.69, 9.17) is 4.42 Å². The fraction of sp³-hybridized carbons (Fsp3) is 0.500. The Morgan fingerprint density at radius 3 is 2.50 bits per heavy atom. The molecule has 0 fully saturated rings. The van der Waals surface area contributed by atoms with Gasteiger partial charge in [0.05, 0.1) is 28.3 Å².